The quantitative estimate of drug-likeness (QED) is 0.349. The van der Waals surface area contributed by atoms with Crippen LogP contribution in [0.5, 0.6) is 5.75 Å². The molecule has 1 fully saturated rings. The van der Waals surface area contributed by atoms with Gasteiger partial charge in [-0.3, -0.25) is 9.10 Å². The smallest absolute Gasteiger partial charge is 0.264 e. The largest absolute Gasteiger partial charge is 0.494 e. The number of amides is 1. The van der Waals surface area contributed by atoms with Crippen molar-refractivity contribution in [3.05, 3.63) is 78.4 Å². The molecule has 0 bridgehead atoms. The van der Waals surface area contributed by atoms with Crippen molar-refractivity contribution in [1.29, 1.82) is 0 Å². The van der Waals surface area contributed by atoms with E-state index in [0.717, 1.165) is 27.9 Å². The molecule has 1 N–H and O–H groups in total. The van der Waals surface area contributed by atoms with Crippen LogP contribution in [0.4, 0.5) is 11.4 Å². The maximum absolute atomic E-state index is 13.6. The first-order chi connectivity index (χ1) is 17.9. The summed E-state index contributed by atoms with van der Waals surface area (Å²) in [6.07, 6.45) is 4.36. The fourth-order valence-corrected chi connectivity index (χ4v) is 6.08. The lowest BCUT2D eigenvalue weighted by Crippen LogP contribution is -2.40. The van der Waals surface area contributed by atoms with Crippen LogP contribution >= 0.6 is 11.8 Å². The minimum absolute atomic E-state index is 0.129. The van der Waals surface area contributed by atoms with Gasteiger partial charge in [-0.25, -0.2) is 8.42 Å². The van der Waals surface area contributed by atoms with Crippen LogP contribution in [0.15, 0.2) is 82.6 Å². The van der Waals surface area contributed by atoms with Gasteiger partial charge in [-0.2, -0.15) is 0 Å². The zero-order valence-electron chi connectivity index (χ0n) is 21.2. The summed E-state index contributed by atoms with van der Waals surface area (Å²) < 4.78 is 33.9. The molecule has 0 unspecified atom stereocenters. The zero-order valence-corrected chi connectivity index (χ0v) is 22.9. The average Bonchev–Trinajstić information content (AvgIpc) is 3.47. The third-order valence-electron chi connectivity index (χ3n) is 6.27. The van der Waals surface area contributed by atoms with Crippen LogP contribution in [0.2, 0.25) is 0 Å². The van der Waals surface area contributed by atoms with E-state index in [1.54, 1.807) is 48.5 Å². The van der Waals surface area contributed by atoms with Gasteiger partial charge in [0.05, 0.1) is 17.2 Å². The summed E-state index contributed by atoms with van der Waals surface area (Å²) in [5, 5.41) is 2.88. The van der Waals surface area contributed by atoms with Gasteiger partial charge in [0.15, 0.2) is 0 Å². The molecule has 0 atom stereocenters. The van der Waals surface area contributed by atoms with Gasteiger partial charge < -0.3 is 15.0 Å². The van der Waals surface area contributed by atoms with Gasteiger partial charge in [0.1, 0.15) is 12.3 Å². The predicted octanol–water partition coefficient (Wildman–Crippen LogP) is 4.92. The van der Waals surface area contributed by atoms with E-state index < -0.39 is 10.0 Å². The van der Waals surface area contributed by atoms with Crippen LogP contribution in [-0.2, 0) is 21.4 Å². The van der Waals surface area contributed by atoms with Gasteiger partial charge in [-0.05, 0) is 92.2 Å². The number of sulfonamides is 1. The van der Waals surface area contributed by atoms with Gasteiger partial charge >= 0.3 is 0 Å². The van der Waals surface area contributed by atoms with Crippen molar-refractivity contribution in [1.82, 2.24) is 5.32 Å². The van der Waals surface area contributed by atoms with Crippen molar-refractivity contribution in [2.75, 3.05) is 41.7 Å². The first-order valence-electron chi connectivity index (χ1n) is 12.4. The fraction of sp³-hybridized carbons (Fsp3) is 0.321. The van der Waals surface area contributed by atoms with E-state index in [1.165, 1.54) is 30.3 Å². The summed E-state index contributed by atoms with van der Waals surface area (Å²) in [6, 6.07) is 21.5. The maximum Gasteiger partial charge on any atom is 0.264 e. The Kier molecular flexibility index (Phi) is 9.00. The van der Waals surface area contributed by atoms with Gasteiger partial charge in [-0.1, -0.05) is 12.1 Å². The second-order valence-electron chi connectivity index (χ2n) is 8.75. The number of nitrogens with one attached hydrogen (secondary N) is 1. The Morgan fingerprint density at radius 3 is 2.22 bits per heavy atom. The maximum atomic E-state index is 13.6. The summed E-state index contributed by atoms with van der Waals surface area (Å²) >= 11 is 1.53. The van der Waals surface area contributed by atoms with Crippen LogP contribution in [0.1, 0.15) is 25.3 Å². The number of nitrogens with zero attached hydrogens (tertiary/aromatic N) is 2. The number of carbonyl (C=O) groups is 1. The summed E-state index contributed by atoms with van der Waals surface area (Å²) in [5.41, 5.74) is 2.54. The van der Waals surface area contributed by atoms with Gasteiger partial charge in [-0.15, -0.1) is 11.8 Å². The second-order valence-corrected chi connectivity index (χ2v) is 11.5. The van der Waals surface area contributed by atoms with E-state index in [4.69, 9.17) is 4.74 Å². The molecule has 4 rings (SSSR count). The summed E-state index contributed by atoms with van der Waals surface area (Å²) in [5.74, 6) is 0.247. The lowest BCUT2D eigenvalue weighted by atomic mass is 10.2. The Morgan fingerprint density at radius 1 is 0.973 bits per heavy atom. The molecule has 3 aromatic carbocycles. The van der Waals surface area contributed by atoms with Crippen LogP contribution in [0.3, 0.4) is 0 Å². The molecule has 3 aromatic rings. The van der Waals surface area contributed by atoms with E-state index in [2.05, 4.69) is 22.3 Å². The molecule has 7 nitrogen and oxygen atoms in total. The van der Waals surface area contributed by atoms with Gasteiger partial charge in [0.2, 0.25) is 5.91 Å². The minimum Gasteiger partial charge on any atom is -0.494 e. The topological polar surface area (TPSA) is 79.0 Å². The van der Waals surface area contributed by atoms with Crippen molar-refractivity contribution in [2.24, 2.45) is 0 Å². The molecule has 37 heavy (non-hydrogen) atoms. The predicted molar refractivity (Wildman–Crippen MR) is 150 cm³/mol. The van der Waals surface area contributed by atoms with Crippen LogP contribution in [0, 0.1) is 0 Å². The highest BCUT2D eigenvalue weighted by molar-refractivity contribution is 7.98. The highest BCUT2D eigenvalue weighted by atomic mass is 32.2. The first-order valence-corrected chi connectivity index (χ1v) is 15.1. The monoisotopic (exact) mass is 539 g/mol. The highest BCUT2D eigenvalue weighted by Gasteiger charge is 2.27. The molecule has 1 amide bonds. The lowest BCUT2D eigenvalue weighted by Gasteiger charge is -2.24. The van der Waals surface area contributed by atoms with Crippen molar-refractivity contribution < 1.29 is 17.9 Å². The van der Waals surface area contributed by atoms with Crippen molar-refractivity contribution in [3.8, 4) is 5.75 Å². The average molecular weight is 540 g/mol. The number of hydrogen-bond acceptors (Lipinski definition) is 6. The molecule has 1 heterocycles. The molecular formula is C28H33N3O4S2. The van der Waals surface area contributed by atoms with Gasteiger partial charge in [0.25, 0.3) is 10.0 Å². The second kappa shape index (κ2) is 12.4. The van der Waals surface area contributed by atoms with E-state index in [0.29, 0.717) is 24.6 Å². The Morgan fingerprint density at radius 2 is 1.62 bits per heavy atom. The van der Waals surface area contributed by atoms with Crippen LogP contribution < -0.4 is 19.3 Å². The number of rotatable bonds is 11. The Hall–Kier alpha value is -3.17. The molecule has 0 aliphatic carbocycles. The van der Waals surface area contributed by atoms with E-state index >= 15 is 0 Å². The van der Waals surface area contributed by atoms with E-state index in [9.17, 15) is 13.2 Å². The highest BCUT2D eigenvalue weighted by Crippen LogP contribution is 2.27. The Bertz CT molecular complexity index is 1270. The van der Waals surface area contributed by atoms with Crippen LogP contribution in [-0.4, -0.2) is 46.8 Å². The Balaban J connectivity index is 1.49. The third kappa shape index (κ3) is 6.78. The zero-order chi connectivity index (χ0) is 26.3. The number of benzene rings is 3. The number of anilines is 2. The normalized spacial score (nSPS) is 13.4. The Labute approximate surface area is 223 Å². The molecular weight excluding hydrogens is 506 g/mol. The summed E-state index contributed by atoms with van der Waals surface area (Å²) in [7, 11) is -3.98. The molecule has 0 spiro atoms. The molecule has 196 valence electrons. The first kappa shape index (κ1) is 26.9. The van der Waals surface area contributed by atoms with E-state index in [1.807, 2.05) is 25.3 Å². The molecule has 1 saturated heterocycles. The number of hydrogen-bond donors (Lipinski definition) is 1. The molecule has 1 aliphatic rings. The fourth-order valence-electron chi connectivity index (χ4n) is 4.25. The summed E-state index contributed by atoms with van der Waals surface area (Å²) in [4.78, 5) is 16.4. The molecule has 1 aliphatic heterocycles. The number of carbonyl (C=O) groups excluding carboxylic acids is 1. The molecule has 9 heteroatoms. The van der Waals surface area contributed by atoms with Crippen molar-refractivity contribution in [3.63, 3.8) is 0 Å². The standard InChI is InChI=1S/C28H33N3O4S2/c1-3-35-25-12-10-24(11-13-25)31(37(33,34)27-16-14-26(36-2)15-17-27)21-28(32)29-20-22-6-8-23(9-7-22)30-18-4-5-19-30/h6-17H,3-5,18-21H2,1-2H3,(H,29,32). The van der Waals surface area contributed by atoms with Crippen LogP contribution in [0.25, 0.3) is 0 Å². The number of thioether (sulfide) groups is 1. The van der Waals surface area contributed by atoms with Gasteiger partial charge in [0, 0.05) is 30.2 Å². The molecule has 0 radical (unpaired) electrons. The van der Waals surface area contributed by atoms with Crippen molar-refractivity contribution >= 4 is 39.1 Å². The molecule has 0 aromatic heterocycles. The lowest BCUT2D eigenvalue weighted by molar-refractivity contribution is -0.119. The third-order valence-corrected chi connectivity index (χ3v) is 8.80. The number of ether oxygens (including phenoxy) is 1. The molecule has 0 saturated carbocycles. The summed E-state index contributed by atoms with van der Waals surface area (Å²) in [6.45, 7) is 4.51. The van der Waals surface area contributed by atoms with E-state index in [-0.39, 0.29) is 17.3 Å². The minimum atomic E-state index is -3.98. The SMILES string of the molecule is CCOc1ccc(N(CC(=O)NCc2ccc(N3CCCC3)cc2)S(=O)(=O)c2ccc(SC)cc2)cc1. The van der Waals surface area contributed by atoms with Crippen molar-refractivity contribution in [2.45, 2.75) is 36.1 Å².